The Bertz CT molecular complexity index is 1250. The highest BCUT2D eigenvalue weighted by molar-refractivity contribution is 6.05. The van der Waals surface area contributed by atoms with Crippen molar-refractivity contribution in [2.75, 3.05) is 12.4 Å². The van der Waals surface area contributed by atoms with Gasteiger partial charge in [0, 0.05) is 25.1 Å². The van der Waals surface area contributed by atoms with E-state index < -0.39 is 11.9 Å². The summed E-state index contributed by atoms with van der Waals surface area (Å²) in [5.41, 5.74) is 3.05. The number of nitrogens with zero attached hydrogens (tertiary/aromatic N) is 3. The zero-order chi connectivity index (χ0) is 22.9. The zero-order valence-electron chi connectivity index (χ0n) is 17.8. The van der Waals surface area contributed by atoms with Crippen LogP contribution in [-0.4, -0.2) is 45.9 Å². The van der Waals surface area contributed by atoms with Gasteiger partial charge in [0.1, 0.15) is 11.8 Å². The molecule has 10 heteroatoms. The van der Waals surface area contributed by atoms with Crippen molar-refractivity contribution in [1.29, 1.82) is 0 Å². The van der Waals surface area contributed by atoms with Gasteiger partial charge in [0.15, 0.2) is 0 Å². The molecule has 0 spiro atoms. The number of carbonyl (C=O) groups is 3. The Morgan fingerprint density at radius 1 is 1.18 bits per heavy atom. The average Bonchev–Trinajstić information content (AvgIpc) is 3.42. The van der Waals surface area contributed by atoms with Crippen molar-refractivity contribution in [3.05, 3.63) is 59.2 Å². The molecule has 0 bridgehead atoms. The normalized spacial score (nSPS) is 17.7. The molecule has 1 unspecified atom stereocenters. The van der Waals surface area contributed by atoms with Gasteiger partial charge in [-0.2, -0.15) is 4.98 Å². The monoisotopic (exact) mass is 447 g/mol. The van der Waals surface area contributed by atoms with E-state index in [2.05, 4.69) is 20.8 Å². The van der Waals surface area contributed by atoms with E-state index in [9.17, 15) is 14.4 Å². The van der Waals surface area contributed by atoms with Gasteiger partial charge in [-0.05, 0) is 35.7 Å². The maximum absolute atomic E-state index is 12.8. The lowest BCUT2D eigenvalue weighted by molar-refractivity contribution is -0.136. The summed E-state index contributed by atoms with van der Waals surface area (Å²) in [4.78, 5) is 42.3. The standard InChI is InChI=1S/C23H21N5O5/c1-32-18-5-3-2-4-16(18)20-26-23(33-27-20)24-11-13-6-7-15-14(10-13)12-28(22(15)31)17-8-9-19(29)25-21(17)30/h2-7,10,17H,8-9,11-12H2,1H3,(H,24,26,27)(H,25,29,30). The number of ether oxygens (including phenoxy) is 1. The number of amides is 3. The van der Waals surface area contributed by atoms with Gasteiger partial charge in [0.2, 0.25) is 17.6 Å². The third kappa shape index (κ3) is 3.91. The smallest absolute Gasteiger partial charge is 0.322 e. The Morgan fingerprint density at radius 2 is 2.03 bits per heavy atom. The highest BCUT2D eigenvalue weighted by Gasteiger charge is 2.39. The maximum Gasteiger partial charge on any atom is 0.322 e. The minimum absolute atomic E-state index is 0.197. The van der Waals surface area contributed by atoms with Gasteiger partial charge in [0.05, 0.1) is 12.7 Å². The molecule has 3 aromatic rings. The number of methoxy groups -OCH3 is 1. The molecular weight excluding hydrogens is 426 g/mol. The van der Waals surface area contributed by atoms with Crippen molar-refractivity contribution in [1.82, 2.24) is 20.4 Å². The number of carbonyl (C=O) groups excluding carboxylic acids is 3. The number of imide groups is 1. The molecule has 0 saturated carbocycles. The molecular formula is C23H21N5O5. The number of rotatable bonds is 6. The second-order valence-corrected chi connectivity index (χ2v) is 7.87. The summed E-state index contributed by atoms with van der Waals surface area (Å²) >= 11 is 0. The van der Waals surface area contributed by atoms with Crippen LogP contribution in [0, 0.1) is 0 Å². The molecule has 1 fully saturated rings. The molecule has 0 radical (unpaired) electrons. The van der Waals surface area contributed by atoms with Crippen molar-refractivity contribution >= 4 is 23.7 Å². The van der Waals surface area contributed by atoms with Crippen LogP contribution < -0.4 is 15.4 Å². The van der Waals surface area contributed by atoms with Crippen LogP contribution in [-0.2, 0) is 22.7 Å². The number of para-hydroxylation sites is 1. The summed E-state index contributed by atoms with van der Waals surface area (Å²) in [5, 5.41) is 9.42. The van der Waals surface area contributed by atoms with Gasteiger partial charge in [-0.25, -0.2) is 0 Å². The molecule has 0 aliphatic carbocycles. The lowest BCUT2D eigenvalue weighted by atomic mass is 10.0. The number of fused-ring (bicyclic) bond motifs is 1. The van der Waals surface area contributed by atoms with E-state index >= 15 is 0 Å². The number of aromatic nitrogens is 2. The van der Waals surface area contributed by atoms with Gasteiger partial charge in [-0.3, -0.25) is 19.7 Å². The summed E-state index contributed by atoms with van der Waals surface area (Å²) in [6.45, 7) is 0.736. The van der Waals surface area contributed by atoms with E-state index in [1.165, 1.54) is 4.90 Å². The molecule has 33 heavy (non-hydrogen) atoms. The fourth-order valence-corrected chi connectivity index (χ4v) is 4.15. The lowest BCUT2D eigenvalue weighted by Crippen LogP contribution is -2.52. The Kier molecular flexibility index (Phi) is 5.25. The molecule has 3 heterocycles. The molecule has 1 atom stereocenters. The number of anilines is 1. The summed E-state index contributed by atoms with van der Waals surface area (Å²) in [6, 6.07) is 12.6. The van der Waals surface area contributed by atoms with Crippen molar-refractivity contribution in [2.45, 2.75) is 32.0 Å². The quantitative estimate of drug-likeness (QED) is 0.550. The fraction of sp³-hybridized carbons (Fsp3) is 0.261. The molecule has 2 aliphatic rings. The van der Waals surface area contributed by atoms with Crippen LogP contribution in [0.1, 0.15) is 34.3 Å². The topological polar surface area (TPSA) is 127 Å². The first-order valence-corrected chi connectivity index (χ1v) is 10.5. The van der Waals surface area contributed by atoms with Crippen LogP contribution in [0.2, 0.25) is 0 Å². The number of benzene rings is 2. The molecule has 2 aliphatic heterocycles. The first kappa shape index (κ1) is 20.7. The van der Waals surface area contributed by atoms with Crippen LogP contribution in [0.4, 0.5) is 6.01 Å². The second-order valence-electron chi connectivity index (χ2n) is 7.87. The van der Waals surface area contributed by atoms with Crippen LogP contribution in [0.5, 0.6) is 5.75 Å². The minimum Gasteiger partial charge on any atom is -0.496 e. The number of hydrogen-bond acceptors (Lipinski definition) is 8. The zero-order valence-corrected chi connectivity index (χ0v) is 17.8. The Balaban J connectivity index is 1.26. The molecule has 2 N–H and O–H groups in total. The Labute approximate surface area is 188 Å². The predicted octanol–water partition coefficient (Wildman–Crippen LogP) is 2.12. The number of piperidine rings is 1. The molecule has 1 saturated heterocycles. The third-order valence-corrected chi connectivity index (χ3v) is 5.81. The van der Waals surface area contributed by atoms with Crippen LogP contribution in [0.15, 0.2) is 47.0 Å². The maximum atomic E-state index is 12.8. The molecule has 10 nitrogen and oxygen atoms in total. The van der Waals surface area contributed by atoms with Crippen LogP contribution >= 0.6 is 0 Å². The van der Waals surface area contributed by atoms with Crippen molar-refractivity contribution in [3.63, 3.8) is 0 Å². The Hall–Kier alpha value is -4.21. The summed E-state index contributed by atoms with van der Waals surface area (Å²) in [5.74, 6) is 0.139. The molecule has 1 aromatic heterocycles. The van der Waals surface area contributed by atoms with E-state index in [4.69, 9.17) is 9.26 Å². The summed E-state index contributed by atoms with van der Waals surface area (Å²) in [6.07, 6.45) is 0.567. The van der Waals surface area contributed by atoms with Crippen molar-refractivity contribution in [3.8, 4) is 17.1 Å². The predicted molar refractivity (Wildman–Crippen MR) is 116 cm³/mol. The number of hydrogen-bond donors (Lipinski definition) is 2. The second kappa shape index (κ2) is 8.38. The lowest BCUT2D eigenvalue weighted by Gasteiger charge is -2.29. The van der Waals surface area contributed by atoms with Crippen LogP contribution in [0.25, 0.3) is 11.4 Å². The first-order valence-electron chi connectivity index (χ1n) is 10.5. The highest BCUT2D eigenvalue weighted by Crippen LogP contribution is 2.29. The van der Waals surface area contributed by atoms with Gasteiger partial charge in [-0.15, -0.1) is 0 Å². The molecule has 2 aromatic carbocycles. The largest absolute Gasteiger partial charge is 0.496 e. The average molecular weight is 447 g/mol. The van der Waals surface area contributed by atoms with Crippen molar-refractivity contribution in [2.24, 2.45) is 0 Å². The minimum atomic E-state index is -0.629. The summed E-state index contributed by atoms with van der Waals surface area (Å²) < 4.78 is 10.6. The van der Waals surface area contributed by atoms with E-state index in [1.807, 2.05) is 36.4 Å². The third-order valence-electron chi connectivity index (χ3n) is 5.81. The SMILES string of the molecule is COc1ccccc1-c1noc(NCc2ccc3c(c2)CN(C2CCC(=O)NC2=O)C3=O)n1. The number of nitrogens with one attached hydrogen (secondary N) is 2. The summed E-state index contributed by atoms with van der Waals surface area (Å²) in [7, 11) is 1.58. The van der Waals surface area contributed by atoms with E-state index in [0.717, 1.165) is 16.7 Å². The van der Waals surface area contributed by atoms with E-state index in [-0.39, 0.29) is 24.2 Å². The fourth-order valence-electron chi connectivity index (χ4n) is 4.15. The van der Waals surface area contributed by atoms with Gasteiger partial charge in [0.25, 0.3) is 5.91 Å². The van der Waals surface area contributed by atoms with Crippen molar-refractivity contribution < 1.29 is 23.6 Å². The van der Waals surface area contributed by atoms with E-state index in [1.54, 1.807) is 13.2 Å². The first-order chi connectivity index (χ1) is 16.0. The van der Waals surface area contributed by atoms with Gasteiger partial charge in [-0.1, -0.05) is 29.4 Å². The van der Waals surface area contributed by atoms with Crippen LogP contribution in [0.3, 0.4) is 0 Å². The highest BCUT2D eigenvalue weighted by atomic mass is 16.5. The van der Waals surface area contributed by atoms with E-state index in [0.29, 0.717) is 36.6 Å². The molecule has 168 valence electrons. The Morgan fingerprint density at radius 3 is 2.85 bits per heavy atom. The molecule has 5 rings (SSSR count). The molecule has 3 amide bonds. The van der Waals surface area contributed by atoms with Gasteiger partial charge >= 0.3 is 6.01 Å². The van der Waals surface area contributed by atoms with Gasteiger partial charge < -0.3 is 19.5 Å².